The summed E-state index contributed by atoms with van der Waals surface area (Å²) in [5.41, 5.74) is 0.449. The lowest BCUT2D eigenvalue weighted by atomic mass is 10.3. The molecule has 0 bridgehead atoms. The maximum Gasteiger partial charge on any atom is 0.261 e. The number of sulfonamides is 1. The van der Waals surface area contributed by atoms with Gasteiger partial charge < -0.3 is 9.47 Å². The van der Waals surface area contributed by atoms with Crippen molar-refractivity contribution in [3.8, 4) is 5.75 Å². The average molecular weight is 342 g/mol. The monoisotopic (exact) mass is 341 g/mol. The molecule has 0 saturated heterocycles. The fourth-order valence-electron chi connectivity index (χ4n) is 1.69. The summed E-state index contributed by atoms with van der Waals surface area (Å²) in [5, 5.41) is 0.542. The molecule has 0 fully saturated rings. The van der Waals surface area contributed by atoms with Gasteiger partial charge in [-0.25, -0.2) is 8.42 Å². The maximum atomic E-state index is 12.3. The molecule has 1 N–H and O–H groups in total. The predicted octanol–water partition coefficient (Wildman–Crippen LogP) is 3.17. The Balaban J connectivity index is 2.07. The smallest absolute Gasteiger partial charge is 0.261 e. The minimum atomic E-state index is -3.64. The van der Waals surface area contributed by atoms with Crippen LogP contribution in [0.4, 0.5) is 5.69 Å². The molecule has 22 heavy (non-hydrogen) atoms. The molecule has 0 aliphatic carbocycles. The van der Waals surface area contributed by atoms with E-state index in [-0.39, 0.29) is 4.90 Å². The predicted molar refractivity (Wildman–Crippen MR) is 86.1 cm³/mol. The second-order valence-electron chi connectivity index (χ2n) is 4.43. The van der Waals surface area contributed by atoms with Gasteiger partial charge in [-0.05, 0) is 48.5 Å². The van der Waals surface area contributed by atoms with Gasteiger partial charge in [0.25, 0.3) is 10.0 Å². The SMILES string of the molecule is COCCOc1ccc(S(=O)(=O)Nc2ccc(Cl)cc2)cc1. The minimum Gasteiger partial charge on any atom is -0.491 e. The van der Waals surface area contributed by atoms with E-state index >= 15 is 0 Å². The van der Waals surface area contributed by atoms with Gasteiger partial charge in [0.1, 0.15) is 12.4 Å². The number of hydrogen-bond acceptors (Lipinski definition) is 4. The fourth-order valence-corrected chi connectivity index (χ4v) is 2.87. The van der Waals surface area contributed by atoms with Crippen LogP contribution in [0.3, 0.4) is 0 Å². The van der Waals surface area contributed by atoms with E-state index in [1.165, 1.54) is 12.1 Å². The number of ether oxygens (including phenoxy) is 2. The Morgan fingerprint density at radius 2 is 1.64 bits per heavy atom. The third-order valence-electron chi connectivity index (χ3n) is 2.79. The second kappa shape index (κ2) is 7.49. The van der Waals surface area contributed by atoms with E-state index in [0.29, 0.717) is 29.7 Å². The number of hydrogen-bond donors (Lipinski definition) is 1. The standard InChI is InChI=1S/C15H16ClNO4S/c1-20-10-11-21-14-6-8-15(9-7-14)22(18,19)17-13-4-2-12(16)3-5-13/h2-9,17H,10-11H2,1H3. The highest BCUT2D eigenvalue weighted by Gasteiger charge is 2.14. The van der Waals surface area contributed by atoms with Gasteiger partial charge in [-0.2, -0.15) is 0 Å². The van der Waals surface area contributed by atoms with Gasteiger partial charge in [-0.15, -0.1) is 0 Å². The lowest BCUT2D eigenvalue weighted by Gasteiger charge is -2.09. The Labute approximate surface area is 134 Å². The van der Waals surface area contributed by atoms with Crippen molar-refractivity contribution in [1.82, 2.24) is 0 Å². The van der Waals surface area contributed by atoms with Crippen LogP contribution in [0.15, 0.2) is 53.4 Å². The molecule has 0 heterocycles. The largest absolute Gasteiger partial charge is 0.491 e. The van der Waals surface area contributed by atoms with Gasteiger partial charge in [0.15, 0.2) is 0 Å². The zero-order valence-corrected chi connectivity index (χ0v) is 13.5. The van der Waals surface area contributed by atoms with E-state index in [4.69, 9.17) is 21.1 Å². The summed E-state index contributed by atoms with van der Waals surface area (Å²) in [7, 11) is -2.06. The van der Waals surface area contributed by atoms with Gasteiger partial charge in [0.2, 0.25) is 0 Å². The van der Waals surface area contributed by atoms with Crippen molar-refractivity contribution < 1.29 is 17.9 Å². The van der Waals surface area contributed by atoms with E-state index < -0.39 is 10.0 Å². The number of halogens is 1. The van der Waals surface area contributed by atoms with Gasteiger partial charge in [0.05, 0.1) is 11.5 Å². The lowest BCUT2D eigenvalue weighted by molar-refractivity contribution is 0.146. The molecule has 0 saturated carbocycles. The molecule has 0 unspecified atom stereocenters. The van der Waals surface area contributed by atoms with Gasteiger partial charge in [0, 0.05) is 17.8 Å². The molecule has 7 heteroatoms. The lowest BCUT2D eigenvalue weighted by Crippen LogP contribution is -2.12. The number of anilines is 1. The molecule has 0 aromatic heterocycles. The van der Waals surface area contributed by atoms with Crippen LogP contribution in [0.2, 0.25) is 5.02 Å². The minimum absolute atomic E-state index is 0.154. The molecule has 0 aliphatic heterocycles. The third kappa shape index (κ3) is 4.62. The first kappa shape index (κ1) is 16.6. The van der Waals surface area contributed by atoms with Crippen molar-refractivity contribution in [3.63, 3.8) is 0 Å². The maximum absolute atomic E-state index is 12.3. The van der Waals surface area contributed by atoms with Crippen molar-refractivity contribution in [3.05, 3.63) is 53.6 Å². The Hall–Kier alpha value is -1.76. The highest BCUT2D eigenvalue weighted by Crippen LogP contribution is 2.20. The highest BCUT2D eigenvalue weighted by molar-refractivity contribution is 7.92. The summed E-state index contributed by atoms with van der Waals surface area (Å²) in [6, 6.07) is 12.6. The molecule has 0 spiro atoms. The number of methoxy groups -OCH3 is 1. The number of rotatable bonds is 7. The molecule has 2 aromatic carbocycles. The summed E-state index contributed by atoms with van der Waals surface area (Å²) >= 11 is 5.77. The first-order chi connectivity index (χ1) is 10.5. The highest BCUT2D eigenvalue weighted by atomic mass is 35.5. The van der Waals surface area contributed by atoms with Crippen molar-refractivity contribution in [2.75, 3.05) is 25.0 Å². The first-order valence-corrected chi connectivity index (χ1v) is 8.37. The van der Waals surface area contributed by atoms with E-state index in [0.717, 1.165) is 0 Å². The zero-order chi connectivity index (χ0) is 16.0. The Morgan fingerprint density at radius 3 is 2.23 bits per heavy atom. The molecule has 0 atom stereocenters. The van der Waals surface area contributed by atoms with E-state index in [2.05, 4.69) is 4.72 Å². The van der Waals surface area contributed by atoms with Crippen LogP contribution in [0, 0.1) is 0 Å². The van der Waals surface area contributed by atoms with E-state index in [9.17, 15) is 8.42 Å². The van der Waals surface area contributed by atoms with Crippen molar-refractivity contribution in [2.45, 2.75) is 4.90 Å². The molecule has 0 amide bonds. The van der Waals surface area contributed by atoms with Crippen LogP contribution in [0.1, 0.15) is 0 Å². The van der Waals surface area contributed by atoms with Crippen molar-refractivity contribution in [1.29, 1.82) is 0 Å². The fraction of sp³-hybridized carbons (Fsp3) is 0.200. The van der Waals surface area contributed by atoms with Gasteiger partial charge in [-0.3, -0.25) is 4.72 Å². The molecule has 2 aromatic rings. The Morgan fingerprint density at radius 1 is 1.00 bits per heavy atom. The molecule has 0 radical (unpaired) electrons. The van der Waals surface area contributed by atoms with Crippen LogP contribution in [-0.4, -0.2) is 28.7 Å². The molecule has 0 aliphatic rings. The van der Waals surface area contributed by atoms with Crippen LogP contribution < -0.4 is 9.46 Å². The van der Waals surface area contributed by atoms with Crippen LogP contribution in [0.25, 0.3) is 0 Å². The molecule has 5 nitrogen and oxygen atoms in total. The Bertz CT molecular complexity index is 699. The second-order valence-corrected chi connectivity index (χ2v) is 6.54. The summed E-state index contributed by atoms with van der Waals surface area (Å²) in [6.07, 6.45) is 0. The van der Waals surface area contributed by atoms with Crippen LogP contribution >= 0.6 is 11.6 Å². The zero-order valence-electron chi connectivity index (χ0n) is 12.0. The van der Waals surface area contributed by atoms with Crippen LogP contribution in [0.5, 0.6) is 5.75 Å². The molecule has 118 valence electrons. The van der Waals surface area contributed by atoms with E-state index in [1.54, 1.807) is 43.5 Å². The number of nitrogens with one attached hydrogen (secondary N) is 1. The summed E-state index contributed by atoms with van der Waals surface area (Å²) in [5.74, 6) is 0.586. The van der Waals surface area contributed by atoms with Crippen LogP contribution in [-0.2, 0) is 14.8 Å². The van der Waals surface area contributed by atoms with Gasteiger partial charge in [-0.1, -0.05) is 11.6 Å². The Kier molecular flexibility index (Phi) is 5.65. The molecule has 2 rings (SSSR count). The van der Waals surface area contributed by atoms with Gasteiger partial charge >= 0.3 is 0 Å². The first-order valence-electron chi connectivity index (χ1n) is 6.51. The summed E-state index contributed by atoms with van der Waals surface area (Å²) in [6.45, 7) is 0.879. The normalized spacial score (nSPS) is 11.2. The van der Waals surface area contributed by atoms with E-state index in [1.807, 2.05) is 0 Å². The molecular formula is C15H16ClNO4S. The average Bonchev–Trinajstić information content (AvgIpc) is 2.50. The quantitative estimate of drug-likeness (QED) is 0.786. The topological polar surface area (TPSA) is 64.6 Å². The van der Waals surface area contributed by atoms with Crippen molar-refractivity contribution in [2.24, 2.45) is 0 Å². The molecular weight excluding hydrogens is 326 g/mol. The third-order valence-corrected chi connectivity index (χ3v) is 4.44. The van der Waals surface area contributed by atoms with Crippen molar-refractivity contribution >= 4 is 27.3 Å². The number of benzene rings is 2. The summed E-state index contributed by atoms with van der Waals surface area (Å²) < 4.78 is 37.3. The summed E-state index contributed by atoms with van der Waals surface area (Å²) in [4.78, 5) is 0.154.